The summed E-state index contributed by atoms with van der Waals surface area (Å²) in [6.45, 7) is 3.11. The van der Waals surface area contributed by atoms with Crippen LogP contribution in [0.2, 0.25) is 5.02 Å². The van der Waals surface area contributed by atoms with Crippen molar-refractivity contribution in [3.8, 4) is 0 Å². The van der Waals surface area contributed by atoms with Gasteiger partial charge in [-0.05, 0) is 24.1 Å². The van der Waals surface area contributed by atoms with E-state index in [1.807, 2.05) is 14.0 Å². The number of halogens is 2. The predicted octanol–water partition coefficient (Wildman–Crippen LogP) is 3.03. The normalized spacial score (nSPS) is 15.1. The van der Waals surface area contributed by atoms with Gasteiger partial charge in [-0.3, -0.25) is 4.68 Å². The number of hydrogen-bond acceptors (Lipinski definition) is 4. The first-order valence-corrected chi connectivity index (χ1v) is 10.8. The molecule has 0 atom stereocenters. The van der Waals surface area contributed by atoms with E-state index in [4.69, 9.17) is 16.3 Å². The molecule has 0 saturated carbocycles. The van der Waals surface area contributed by atoms with Crippen LogP contribution in [0.3, 0.4) is 0 Å². The van der Waals surface area contributed by atoms with Crippen molar-refractivity contribution in [2.75, 3.05) is 12.3 Å². The lowest BCUT2D eigenvalue weighted by molar-refractivity contribution is 0.103. The van der Waals surface area contributed by atoms with Crippen molar-refractivity contribution in [2.45, 2.75) is 39.5 Å². The number of hydrogen-bond donors (Lipinski definition) is 0. The van der Waals surface area contributed by atoms with Crippen molar-refractivity contribution in [1.82, 2.24) is 14.1 Å². The third-order valence-corrected chi connectivity index (χ3v) is 7.03. The highest BCUT2D eigenvalue weighted by Gasteiger charge is 2.30. The van der Waals surface area contributed by atoms with E-state index in [9.17, 15) is 12.8 Å². The third-order valence-electron chi connectivity index (χ3n) is 4.66. The van der Waals surface area contributed by atoms with Crippen LogP contribution in [0.5, 0.6) is 0 Å². The fraction of sp³-hybridized carbons (Fsp3) is 0.500. The summed E-state index contributed by atoms with van der Waals surface area (Å²) in [5.41, 5.74) is 3.36. The maximum atomic E-state index is 13.1. The van der Waals surface area contributed by atoms with Gasteiger partial charge in [-0.25, -0.2) is 12.8 Å². The van der Waals surface area contributed by atoms with Gasteiger partial charge in [-0.15, -0.1) is 0 Å². The first-order chi connectivity index (χ1) is 12.8. The summed E-state index contributed by atoms with van der Waals surface area (Å²) in [5.74, 6) is -0.242. The molecule has 6 nitrogen and oxygen atoms in total. The number of benzene rings is 1. The standard InChI is InChI=1S/C18H23ClFN3O3S/c1-3-8-27(24,25)23-7-6-18-15(10-23)17(21-22(18)2)12-26-11-13-4-5-14(20)9-16(13)19/h4-5,9H,3,6-8,10-12H2,1-2H3. The van der Waals surface area contributed by atoms with Crippen molar-refractivity contribution in [1.29, 1.82) is 0 Å². The van der Waals surface area contributed by atoms with E-state index in [1.165, 1.54) is 16.4 Å². The average molecular weight is 416 g/mol. The summed E-state index contributed by atoms with van der Waals surface area (Å²) in [5, 5.41) is 4.81. The van der Waals surface area contributed by atoms with Crippen molar-refractivity contribution in [3.05, 3.63) is 51.6 Å². The molecule has 3 rings (SSSR count). The number of rotatable bonds is 7. The molecule has 148 valence electrons. The van der Waals surface area contributed by atoms with Crippen LogP contribution in [0, 0.1) is 5.82 Å². The molecule has 2 aromatic rings. The second-order valence-electron chi connectivity index (χ2n) is 6.62. The topological polar surface area (TPSA) is 64.4 Å². The number of nitrogens with zero attached hydrogens (tertiary/aromatic N) is 3. The number of fused-ring (bicyclic) bond motifs is 1. The predicted molar refractivity (Wildman–Crippen MR) is 101 cm³/mol. The molecule has 1 aliphatic rings. The summed E-state index contributed by atoms with van der Waals surface area (Å²) in [6.07, 6.45) is 1.22. The number of sulfonamides is 1. The molecule has 27 heavy (non-hydrogen) atoms. The largest absolute Gasteiger partial charge is 0.370 e. The fourth-order valence-electron chi connectivity index (χ4n) is 3.28. The Bertz CT molecular complexity index is 930. The smallest absolute Gasteiger partial charge is 0.214 e. The van der Waals surface area contributed by atoms with Crippen molar-refractivity contribution >= 4 is 21.6 Å². The van der Waals surface area contributed by atoms with Crippen LogP contribution in [0.4, 0.5) is 4.39 Å². The van der Waals surface area contributed by atoms with Crippen LogP contribution in [0.1, 0.15) is 35.9 Å². The Labute approximate surface area is 163 Å². The quantitative estimate of drug-likeness (QED) is 0.697. The lowest BCUT2D eigenvalue weighted by Crippen LogP contribution is -2.37. The molecular weight excluding hydrogens is 393 g/mol. The summed E-state index contributed by atoms with van der Waals surface area (Å²) in [4.78, 5) is 0. The maximum absolute atomic E-state index is 13.1. The molecule has 0 fully saturated rings. The second-order valence-corrected chi connectivity index (χ2v) is 9.12. The van der Waals surface area contributed by atoms with Crippen LogP contribution in [-0.2, 0) is 48.0 Å². The van der Waals surface area contributed by atoms with Gasteiger partial charge in [-0.1, -0.05) is 24.6 Å². The molecule has 0 amide bonds. The second kappa shape index (κ2) is 8.26. The minimum atomic E-state index is -3.25. The zero-order valence-corrected chi connectivity index (χ0v) is 17.0. The lowest BCUT2D eigenvalue weighted by Gasteiger charge is -2.26. The van der Waals surface area contributed by atoms with E-state index in [-0.39, 0.29) is 19.0 Å². The summed E-state index contributed by atoms with van der Waals surface area (Å²) < 4.78 is 47.0. The van der Waals surface area contributed by atoms with Crippen LogP contribution in [0.15, 0.2) is 18.2 Å². The SMILES string of the molecule is CCCS(=O)(=O)N1CCc2c(c(COCc3ccc(F)cc3Cl)nn2C)C1. The maximum Gasteiger partial charge on any atom is 0.214 e. The van der Waals surface area contributed by atoms with Crippen LogP contribution in [-0.4, -0.2) is 34.8 Å². The molecule has 0 radical (unpaired) electrons. The highest BCUT2D eigenvalue weighted by molar-refractivity contribution is 7.89. The Hall–Kier alpha value is -1.48. The van der Waals surface area contributed by atoms with Crippen LogP contribution < -0.4 is 0 Å². The van der Waals surface area contributed by atoms with Gasteiger partial charge in [0.15, 0.2) is 0 Å². The molecule has 0 N–H and O–H groups in total. The van der Waals surface area contributed by atoms with Gasteiger partial charge in [0.1, 0.15) is 5.82 Å². The Balaban J connectivity index is 1.71. The molecule has 1 aliphatic heterocycles. The molecular formula is C18H23ClFN3O3S. The Morgan fingerprint density at radius 2 is 2.11 bits per heavy atom. The first-order valence-electron chi connectivity index (χ1n) is 8.85. The summed E-state index contributed by atoms with van der Waals surface area (Å²) in [7, 11) is -1.40. The molecule has 2 heterocycles. The molecule has 9 heteroatoms. The van der Waals surface area contributed by atoms with E-state index < -0.39 is 15.8 Å². The van der Waals surface area contributed by atoms with E-state index in [1.54, 1.807) is 10.7 Å². The fourth-order valence-corrected chi connectivity index (χ4v) is 4.97. The van der Waals surface area contributed by atoms with Gasteiger partial charge < -0.3 is 4.74 Å². The van der Waals surface area contributed by atoms with Crippen molar-refractivity contribution in [3.63, 3.8) is 0 Å². The van der Waals surface area contributed by atoms with Crippen molar-refractivity contribution < 1.29 is 17.5 Å². The average Bonchev–Trinajstić information content (AvgIpc) is 2.92. The molecule has 0 saturated heterocycles. The van der Waals surface area contributed by atoms with Gasteiger partial charge >= 0.3 is 0 Å². The zero-order valence-electron chi connectivity index (χ0n) is 15.4. The minimum absolute atomic E-state index is 0.150. The van der Waals surface area contributed by atoms with Crippen LogP contribution in [0.25, 0.3) is 0 Å². The summed E-state index contributed by atoms with van der Waals surface area (Å²) >= 11 is 6.02. The van der Waals surface area contributed by atoms with Gasteiger partial charge in [0.25, 0.3) is 0 Å². The molecule has 1 aromatic heterocycles. The van der Waals surface area contributed by atoms with Gasteiger partial charge in [0.2, 0.25) is 10.0 Å². The van der Waals surface area contributed by atoms with Crippen molar-refractivity contribution in [2.24, 2.45) is 7.05 Å². The number of aromatic nitrogens is 2. The zero-order chi connectivity index (χ0) is 19.6. The van der Waals surface area contributed by atoms with Gasteiger partial charge in [0, 0.05) is 42.8 Å². The summed E-state index contributed by atoms with van der Waals surface area (Å²) in [6, 6.07) is 4.17. The monoisotopic (exact) mass is 415 g/mol. The van der Waals surface area contributed by atoms with Gasteiger partial charge in [0.05, 0.1) is 24.7 Å². The Morgan fingerprint density at radius 1 is 1.33 bits per heavy atom. The molecule has 0 aliphatic carbocycles. The highest BCUT2D eigenvalue weighted by Crippen LogP contribution is 2.25. The number of aryl methyl sites for hydroxylation is 1. The molecule has 1 aromatic carbocycles. The Kier molecular flexibility index (Phi) is 6.20. The van der Waals surface area contributed by atoms with Crippen LogP contribution >= 0.6 is 11.6 Å². The molecule has 0 bridgehead atoms. The minimum Gasteiger partial charge on any atom is -0.370 e. The van der Waals surface area contributed by atoms with E-state index in [0.717, 1.165) is 17.0 Å². The third kappa shape index (κ3) is 4.51. The molecule has 0 spiro atoms. The first kappa shape index (κ1) is 20.3. The van der Waals surface area contributed by atoms with E-state index in [2.05, 4.69) is 5.10 Å². The van der Waals surface area contributed by atoms with Gasteiger partial charge in [-0.2, -0.15) is 9.40 Å². The van der Waals surface area contributed by atoms with E-state index >= 15 is 0 Å². The number of ether oxygens (including phenoxy) is 1. The highest BCUT2D eigenvalue weighted by atomic mass is 35.5. The van der Waals surface area contributed by atoms with E-state index in [0.29, 0.717) is 36.5 Å². The lowest BCUT2D eigenvalue weighted by atomic mass is 10.1. The molecule has 0 unspecified atom stereocenters. The Morgan fingerprint density at radius 3 is 2.81 bits per heavy atom.